The van der Waals surface area contributed by atoms with Crippen LogP contribution in [-0.2, 0) is 13.1 Å². The lowest BCUT2D eigenvalue weighted by atomic mass is 10.1. The van der Waals surface area contributed by atoms with Crippen molar-refractivity contribution in [1.82, 2.24) is 14.9 Å². The molecule has 0 unspecified atom stereocenters. The molecule has 5 nitrogen and oxygen atoms in total. The van der Waals surface area contributed by atoms with Gasteiger partial charge in [-0.05, 0) is 35.4 Å². The minimum Gasteiger partial charge on any atom is -0.451 e. The van der Waals surface area contributed by atoms with Crippen LogP contribution in [0.25, 0.3) is 11.0 Å². The number of hydrogen-bond acceptors (Lipinski definition) is 3. The molecule has 0 saturated heterocycles. The number of nitrogens with one attached hydrogen (secondary N) is 1. The number of furan rings is 1. The molecule has 4 aromatic rings. The summed E-state index contributed by atoms with van der Waals surface area (Å²) in [6.45, 7) is 1.20. The van der Waals surface area contributed by atoms with E-state index in [2.05, 4.69) is 10.3 Å². The van der Waals surface area contributed by atoms with Gasteiger partial charge in [0.15, 0.2) is 5.76 Å². The van der Waals surface area contributed by atoms with Gasteiger partial charge in [0.05, 0.1) is 6.33 Å². The van der Waals surface area contributed by atoms with Crippen LogP contribution in [0, 0.1) is 0 Å². The Hall–Kier alpha value is -3.05. The molecule has 1 N–H and O–H groups in total. The fourth-order valence-corrected chi connectivity index (χ4v) is 2.93. The first-order valence-corrected chi connectivity index (χ1v) is 8.56. The van der Waals surface area contributed by atoms with Gasteiger partial charge in [0.1, 0.15) is 5.58 Å². The molecule has 0 aliphatic heterocycles. The van der Waals surface area contributed by atoms with Gasteiger partial charge in [0, 0.05) is 35.9 Å². The average molecular weight is 366 g/mol. The Balaban J connectivity index is 1.38. The van der Waals surface area contributed by atoms with Gasteiger partial charge in [-0.2, -0.15) is 0 Å². The molecule has 2 aromatic carbocycles. The van der Waals surface area contributed by atoms with Crippen LogP contribution < -0.4 is 5.32 Å². The monoisotopic (exact) mass is 365 g/mol. The van der Waals surface area contributed by atoms with Crippen LogP contribution in [0.4, 0.5) is 0 Å². The summed E-state index contributed by atoms with van der Waals surface area (Å²) in [5.41, 5.74) is 2.84. The first kappa shape index (κ1) is 16.4. The molecule has 26 heavy (non-hydrogen) atoms. The Morgan fingerprint density at radius 2 is 1.92 bits per heavy atom. The van der Waals surface area contributed by atoms with E-state index >= 15 is 0 Å². The number of carbonyl (C=O) groups excluding carboxylic acids is 1. The van der Waals surface area contributed by atoms with E-state index in [1.54, 1.807) is 36.8 Å². The number of aromatic nitrogens is 2. The summed E-state index contributed by atoms with van der Waals surface area (Å²) in [4.78, 5) is 16.3. The average Bonchev–Trinajstić information content (AvgIpc) is 3.30. The molecule has 130 valence electrons. The second-order valence-electron chi connectivity index (χ2n) is 6.03. The van der Waals surface area contributed by atoms with Crippen LogP contribution in [0.15, 0.2) is 71.7 Å². The van der Waals surface area contributed by atoms with E-state index in [1.165, 1.54) is 5.56 Å². The van der Waals surface area contributed by atoms with Crippen molar-refractivity contribution >= 4 is 28.5 Å². The van der Waals surface area contributed by atoms with E-state index in [4.69, 9.17) is 16.0 Å². The van der Waals surface area contributed by atoms with Crippen LogP contribution >= 0.6 is 11.6 Å². The molecule has 0 saturated carbocycles. The highest BCUT2D eigenvalue weighted by Crippen LogP contribution is 2.23. The molecule has 0 atom stereocenters. The zero-order chi connectivity index (χ0) is 17.9. The molecule has 2 heterocycles. The lowest BCUT2D eigenvalue weighted by Crippen LogP contribution is -2.22. The molecule has 1 amide bonds. The molecular formula is C20H16ClN3O2. The third-order valence-corrected chi connectivity index (χ3v) is 4.34. The van der Waals surface area contributed by atoms with Gasteiger partial charge in [0.25, 0.3) is 5.91 Å². The van der Waals surface area contributed by atoms with Crippen LogP contribution in [0.1, 0.15) is 21.7 Å². The minimum absolute atomic E-state index is 0.250. The summed E-state index contributed by atoms with van der Waals surface area (Å²) in [7, 11) is 0. The van der Waals surface area contributed by atoms with Crippen LogP contribution in [-0.4, -0.2) is 15.5 Å². The molecule has 0 fully saturated rings. The molecule has 2 aromatic heterocycles. The van der Waals surface area contributed by atoms with Gasteiger partial charge >= 0.3 is 0 Å². The zero-order valence-corrected chi connectivity index (χ0v) is 14.6. The molecule has 0 spiro atoms. The number of nitrogens with zero attached hydrogens (tertiary/aromatic N) is 2. The van der Waals surface area contributed by atoms with Gasteiger partial charge < -0.3 is 14.3 Å². The summed E-state index contributed by atoms with van der Waals surface area (Å²) in [6, 6.07) is 15.1. The maximum atomic E-state index is 12.3. The Morgan fingerprint density at radius 1 is 1.12 bits per heavy atom. The van der Waals surface area contributed by atoms with Gasteiger partial charge in [-0.3, -0.25) is 4.79 Å². The van der Waals surface area contributed by atoms with Gasteiger partial charge in [-0.15, -0.1) is 0 Å². The second-order valence-corrected chi connectivity index (χ2v) is 6.46. The van der Waals surface area contributed by atoms with Gasteiger partial charge in [-0.25, -0.2) is 4.98 Å². The Bertz CT molecular complexity index is 1040. The molecule has 6 heteroatoms. The van der Waals surface area contributed by atoms with Gasteiger partial charge in [0.2, 0.25) is 0 Å². The molecular weight excluding hydrogens is 350 g/mol. The van der Waals surface area contributed by atoms with E-state index in [0.29, 0.717) is 17.2 Å². The van der Waals surface area contributed by atoms with E-state index in [1.807, 2.05) is 35.0 Å². The predicted molar refractivity (Wildman–Crippen MR) is 100 cm³/mol. The Labute approximate surface area is 155 Å². The highest BCUT2D eigenvalue weighted by molar-refractivity contribution is 6.31. The van der Waals surface area contributed by atoms with Crippen molar-refractivity contribution in [2.24, 2.45) is 0 Å². The summed E-state index contributed by atoms with van der Waals surface area (Å²) in [6.07, 6.45) is 5.47. The van der Waals surface area contributed by atoms with Crippen LogP contribution in [0.2, 0.25) is 5.02 Å². The first-order valence-electron chi connectivity index (χ1n) is 8.18. The van der Waals surface area contributed by atoms with Crippen molar-refractivity contribution in [3.05, 3.63) is 89.2 Å². The predicted octanol–water partition coefficient (Wildman–Crippen LogP) is 4.26. The number of fused-ring (bicyclic) bond motifs is 1. The number of rotatable bonds is 5. The lowest BCUT2D eigenvalue weighted by Gasteiger charge is -2.06. The molecule has 0 bridgehead atoms. The van der Waals surface area contributed by atoms with Crippen molar-refractivity contribution in [1.29, 1.82) is 0 Å². The minimum atomic E-state index is -0.250. The van der Waals surface area contributed by atoms with Crippen LogP contribution in [0.3, 0.4) is 0 Å². The fraction of sp³-hybridized carbons (Fsp3) is 0.100. The molecule has 0 radical (unpaired) electrons. The smallest absolute Gasteiger partial charge is 0.287 e. The second kappa shape index (κ2) is 7.06. The summed E-state index contributed by atoms with van der Waals surface area (Å²) in [5, 5.41) is 4.30. The molecule has 4 rings (SSSR count). The number of imidazole rings is 1. The topological polar surface area (TPSA) is 60.1 Å². The molecule has 0 aliphatic rings. The van der Waals surface area contributed by atoms with E-state index in [-0.39, 0.29) is 11.7 Å². The highest BCUT2D eigenvalue weighted by Gasteiger charge is 2.12. The van der Waals surface area contributed by atoms with E-state index in [9.17, 15) is 4.79 Å². The van der Waals surface area contributed by atoms with Gasteiger partial charge in [-0.1, -0.05) is 35.9 Å². The first-order chi connectivity index (χ1) is 12.7. The number of benzene rings is 2. The van der Waals surface area contributed by atoms with Crippen molar-refractivity contribution in [2.75, 3.05) is 0 Å². The number of halogens is 1. The third kappa shape index (κ3) is 3.63. The van der Waals surface area contributed by atoms with Crippen LogP contribution in [0.5, 0.6) is 0 Å². The van der Waals surface area contributed by atoms with E-state index in [0.717, 1.165) is 17.5 Å². The van der Waals surface area contributed by atoms with Crippen molar-refractivity contribution in [3.8, 4) is 0 Å². The SMILES string of the molecule is O=C(NCc1ccc(Cn2ccnc2)cc1)c1cc2cc(Cl)ccc2o1. The number of carbonyl (C=O) groups is 1. The summed E-state index contributed by atoms with van der Waals surface area (Å²) < 4.78 is 7.58. The van der Waals surface area contributed by atoms with Crippen molar-refractivity contribution < 1.29 is 9.21 Å². The Kier molecular flexibility index (Phi) is 4.46. The van der Waals surface area contributed by atoms with E-state index < -0.39 is 0 Å². The lowest BCUT2D eigenvalue weighted by molar-refractivity contribution is 0.0925. The summed E-state index contributed by atoms with van der Waals surface area (Å²) in [5.74, 6) is 0.0267. The summed E-state index contributed by atoms with van der Waals surface area (Å²) >= 11 is 5.96. The maximum Gasteiger partial charge on any atom is 0.287 e. The maximum absolute atomic E-state index is 12.3. The number of amides is 1. The standard InChI is InChI=1S/C20H16ClN3O2/c21-17-5-6-18-16(9-17)10-19(26-18)20(25)23-11-14-1-3-15(4-2-14)12-24-8-7-22-13-24/h1-10,13H,11-12H2,(H,23,25). The third-order valence-electron chi connectivity index (χ3n) is 4.10. The Morgan fingerprint density at radius 3 is 2.69 bits per heavy atom. The largest absolute Gasteiger partial charge is 0.451 e. The normalized spacial score (nSPS) is 11.0. The zero-order valence-electron chi connectivity index (χ0n) is 13.9. The quantitative estimate of drug-likeness (QED) is 0.574. The van der Waals surface area contributed by atoms with Crippen molar-refractivity contribution in [3.63, 3.8) is 0 Å². The molecule has 0 aliphatic carbocycles. The fourth-order valence-electron chi connectivity index (χ4n) is 2.75. The van der Waals surface area contributed by atoms with Crippen molar-refractivity contribution in [2.45, 2.75) is 13.1 Å². The highest BCUT2D eigenvalue weighted by atomic mass is 35.5. The number of hydrogen-bond donors (Lipinski definition) is 1.